The van der Waals surface area contributed by atoms with Gasteiger partial charge >= 0.3 is 5.97 Å². The van der Waals surface area contributed by atoms with Gasteiger partial charge in [-0.2, -0.15) is 0 Å². The molecule has 0 aliphatic heterocycles. The van der Waals surface area contributed by atoms with Gasteiger partial charge in [0, 0.05) is 0 Å². The predicted octanol–water partition coefficient (Wildman–Crippen LogP) is 1.63. The smallest absolute Gasteiger partial charge is 0.304 e. The highest BCUT2D eigenvalue weighted by molar-refractivity contribution is 7.92. The molecule has 0 aliphatic rings. The molecule has 0 saturated carbocycles. The SMILES string of the molecule is Cc1cccc(S(=O)(=O)C(C)CC(=O)O)c1. The number of aryl methyl sites for hydroxylation is 1. The fourth-order valence-corrected chi connectivity index (χ4v) is 2.83. The molecule has 0 fully saturated rings. The summed E-state index contributed by atoms with van der Waals surface area (Å²) in [5.41, 5.74) is 0.837. The zero-order valence-corrected chi connectivity index (χ0v) is 9.99. The Kier molecular flexibility index (Phi) is 3.70. The summed E-state index contributed by atoms with van der Waals surface area (Å²) in [6.07, 6.45) is -0.379. The van der Waals surface area contributed by atoms with Gasteiger partial charge < -0.3 is 5.11 Å². The number of aliphatic carboxylic acids is 1. The second-order valence-corrected chi connectivity index (χ2v) is 6.14. The molecule has 1 rings (SSSR count). The van der Waals surface area contributed by atoms with Crippen molar-refractivity contribution in [3.8, 4) is 0 Å². The Morgan fingerprint density at radius 2 is 2.06 bits per heavy atom. The van der Waals surface area contributed by atoms with Crippen LogP contribution in [0.3, 0.4) is 0 Å². The van der Waals surface area contributed by atoms with Gasteiger partial charge in [-0.05, 0) is 31.5 Å². The lowest BCUT2D eigenvalue weighted by molar-refractivity contribution is -0.136. The Balaban J connectivity index is 3.07. The third-order valence-corrected chi connectivity index (χ3v) is 4.45. The molecule has 1 aromatic carbocycles. The van der Waals surface area contributed by atoms with Crippen molar-refractivity contribution in [2.45, 2.75) is 30.4 Å². The molecule has 1 N–H and O–H groups in total. The van der Waals surface area contributed by atoms with Crippen LogP contribution in [0.5, 0.6) is 0 Å². The van der Waals surface area contributed by atoms with E-state index in [4.69, 9.17) is 5.11 Å². The number of hydrogen-bond donors (Lipinski definition) is 1. The molecule has 0 aromatic heterocycles. The third-order valence-electron chi connectivity index (χ3n) is 2.31. The summed E-state index contributed by atoms with van der Waals surface area (Å²) in [6.45, 7) is 3.20. The maximum Gasteiger partial charge on any atom is 0.304 e. The summed E-state index contributed by atoms with van der Waals surface area (Å²) in [7, 11) is -3.54. The minimum atomic E-state index is -3.54. The summed E-state index contributed by atoms with van der Waals surface area (Å²) in [5, 5.41) is 7.67. The van der Waals surface area contributed by atoms with Crippen molar-refractivity contribution in [1.82, 2.24) is 0 Å². The molecule has 0 amide bonds. The molecule has 4 nitrogen and oxygen atoms in total. The van der Waals surface area contributed by atoms with E-state index >= 15 is 0 Å². The lowest BCUT2D eigenvalue weighted by atomic mass is 10.2. The van der Waals surface area contributed by atoms with Crippen molar-refractivity contribution < 1.29 is 18.3 Å². The molecule has 0 saturated heterocycles. The van der Waals surface area contributed by atoms with Crippen LogP contribution >= 0.6 is 0 Å². The predicted molar refractivity (Wildman–Crippen MR) is 60.1 cm³/mol. The normalized spacial score (nSPS) is 13.4. The van der Waals surface area contributed by atoms with Crippen molar-refractivity contribution in [3.63, 3.8) is 0 Å². The van der Waals surface area contributed by atoms with Crippen molar-refractivity contribution in [3.05, 3.63) is 29.8 Å². The fraction of sp³-hybridized carbons (Fsp3) is 0.364. The van der Waals surface area contributed by atoms with E-state index in [1.165, 1.54) is 13.0 Å². The first-order chi connectivity index (χ1) is 7.34. The highest BCUT2D eigenvalue weighted by Crippen LogP contribution is 2.19. The summed E-state index contributed by atoms with van der Waals surface area (Å²) in [5.74, 6) is -1.11. The molecule has 1 unspecified atom stereocenters. The third kappa shape index (κ3) is 2.82. The number of sulfone groups is 1. The van der Waals surface area contributed by atoms with Crippen LogP contribution in [0, 0.1) is 6.92 Å². The van der Waals surface area contributed by atoms with Gasteiger partial charge in [-0.25, -0.2) is 8.42 Å². The zero-order valence-electron chi connectivity index (χ0n) is 9.17. The lowest BCUT2D eigenvalue weighted by Gasteiger charge is -2.11. The van der Waals surface area contributed by atoms with Crippen molar-refractivity contribution in [2.75, 3.05) is 0 Å². The van der Waals surface area contributed by atoms with Crippen LogP contribution < -0.4 is 0 Å². The highest BCUT2D eigenvalue weighted by Gasteiger charge is 2.25. The number of carbonyl (C=O) groups is 1. The Labute approximate surface area is 94.8 Å². The second-order valence-electron chi connectivity index (χ2n) is 3.77. The quantitative estimate of drug-likeness (QED) is 0.871. The van der Waals surface area contributed by atoms with Gasteiger partial charge in [-0.1, -0.05) is 12.1 Å². The molecule has 1 atom stereocenters. The summed E-state index contributed by atoms with van der Waals surface area (Å²) in [4.78, 5) is 10.7. The highest BCUT2D eigenvalue weighted by atomic mass is 32.2. The lowest BCUT2D eigenvalue weighted by Crippen LogP contribution is -2.21. The number of hydrogen-bond acceptors (Lipinski definition) is 3. The first-order valence-electron chi connectivity index (χ1n) is 4.86. The minimum Gasteiger partial charge on any atom is -0.481 e. The van der Waals surface area contributed by atoms with Crippen LogP contribution in [-0.4, -0.2) is 24.7 Å². The molecule has 88 valence electrons. The molecular weight excluding hydrogens is 228 g/mol. The van der Waals surface area contributed by atoms with E-state index in [9.17, 15) is 13.2 Å². The monoisotopic (exact) mass is 242 g/mol. The van der Waals surface area contributed by atoms with Crippen molar-refractivity contribution in [1.29, 1.82) is 0 Å². The Bertz CT molecular complexity index is 490. The number of benzene rings is 1. The first-order valence-corrected chi connectivity index (χ1v) is 6.41. The molecule has 0 radical (unpaired) electrons. The standard InChI is InChI=1S/C11H14O4S/c1-8-4-3-5-10(6-8)16(14,15)9(2)7-11(12)13/h3-6,9H,7H2,1-2H3,(H,12,13). The number of rotatable bonds is 4. The molecule has 5 heteroatoms. The first kappa shape index (κ1) is 12.7. The van der Waals surface area contributed by atoms with E-state index in [0.29, 0.717) is 0 Å². The van der Waals surface area contributed by atoms with E-state index in [1.807, 2.05) is 0 Å². The largest absolute Gasteiger partial charge is 0.481 e. The van der Waals surface area contributed by atoms with Gasteiger partial charge in [0.1, 0.15) is 0 Å². The molecule has 0 spiro atoms. The molecule has 16 heavy (non-hydrogen) atoms. The van der Waals surface area contributed by atoms with Gasteiger partial charge in [-0.15, -0.1) is 0 Å². The van der Waals surface area contributed by atoms with Crippen molar-refractivity contribution in [2.24, 2.45) is 0 Å². The Morgan fingerprint density at radius 3 is 2.56 bits per heavy atom. The van der Waals surface area contributed by atoms with Crippen LogP contribution in [-0.2, 0) is 14.6 Å². The van der Waals surface area contributed by atoms with Gasteiger partial charge in [0.25, 0.3) is 0 Å². The van der Waals surface area contributed by atoms with E-state index in [0.717, 1.165) is 5.56 Å². The Hall–Kier alpha value is -1.36. The maximum atomic E-state index is 12.0. The molecule has 0 bridgehead atoms. The average Bonchev–Trinajstić information content (AvgIpc) is 2.16. The van der Waals surface area contributed by atoms with Crippen molar-refractivity contribution >= 4 is 15.8 Å². The second kappa shape index (κ2) is 4.65. The van der Waals surface area contributed by atoms with E-state index in [1.54, 1.807) is 25.1 Å². The van der Waals surface area contributed by atoms with Crippen LogP contribution in [0.25, 0.3) is 0 Å². The number of carboxylic acid groups (broad SMARTS) is 1. The fourth-order valence-electron chi connectivity index (χ4n) is 1.38. The molecular formula is C11H14O4S. The van der Waals surface area contributed by atoms with E-state index < -0.39 is 21.1 Å². The van der Waals surface area contributed by atoms with Gasteiger partial charge in [0.05, 0.1) is 16.6 Å². The summed E-state index contributed by atoms with van der Waals surface area (Å²) in [6, 6.07) is 6.48. The summed E-state index contributed by atoms with van der Waals surface area (Å²) >= 11 is 0. The topological polar surface area (TPSA) is 71.4 Å². The van der Waals surface area contributed by atoms with Crippen LogP contribution in [0.15, 0.2) is 29.2 Å². The van der Waals surface area contributed by atoms with Gasteiger partial charge in [0.2, 0.25) is 0 Å². The van der Waals surface area contributed by atoms with E-state index in [2.05, 4.69) is 0 Å². The van der Waals surface area contributed by atoms with E-state index in [-0.39, 0.29) is 11.3 Å². The average molecular weight is 242 g/mol. The van der Waals surface area contributed by atoms with Crippen LogP contribution in [0.4, 0.5) is 0 Å². The Morgan fingerprint density at radius 1 is 1.44 bits per heavy atom. The maximum absolute atomic E-state index is 12.0. The molecule has 1 aromatic rings. The van der Waals surface area contributed by atoms with Crippen LogP contribution in [0.2, 0.25) is 0 Å². The minimum absolute atomic E-state index is 0.182. The zero-order chi connectivity index (χ0) is 12.3. The molecule has 0 aliphatic carbocycles. The van der Waals surface area contributed by atoms with Gasteiger partial charge in [-0.3, -0.25) is 4.79 Å². The van der Waals surface area contributed by atoms with Gasteiger partial charge in [0.15, 0.2) is 9.84 Å². The molecule has 0 heterocycles. The van der Waals surface area contributed by atoms with Crippen LogP contribution in [0.1, 0.15) is 18.9 Å². The summed E-state index contributed by atoms with van der Waals surface area (Å²) < 4.78 is 23.9. The number of carboxylic acids is 1.